The van der Waals surface area contributed by atoms with E-state index >= 15 is 0 Å². The second-order valence-corrected chi connectivity index (χ2v) is 1.36. The molecule has 0 atom stereocenters. The molecule has 1 fully saturated rings. The van der Waals surface area contributed by atoms with Crippen LogP contribution in [0.3, 0.4) is 0 Å². The van der Waals surface area contributed by atoms with Crippen LogP contribution in [0.5, 0.6) is 0 Å². The normalized spacial score (nSPS) is 18.0. The number of hydrogen-bond acceptors (Lipinski definition) is 3. The molecule has 0 aliphatic carbocycles. The van der Waals surface area contributed by atoms with Gasteiger partial charge < -0.3 is 21.7 Å². The second-order valence-electron chi connectivity index (χ2n) is 1.36. The molecule has 0 aromatic heterocycles. The Bertz CT molecular complexity index is 27.5. The first-order chi connectivity index (χ1) is 3.00. The SMILES string of the molecule is C1COCCN1.N.O. The van der Waals surface area contributed by atoms with Crippen molar-refractivity contribution < 1.29 is 10.2 Å². The number of morpholine rings is 1. The summed E-state index contributed by atoms with van der Waals surface area (Å²) in [6, 6.07) is 0. The van der Waals surface area contributed by atoms with E-state index in [0.29, 0.717) is 0 Å². The summed E-state index contributed by atoms with van der Waals surface area (Å²) in [7, 11) is 0. The van der Waals surface area contributed by atoms with Gasteiger partial charge in [-0.2, -0.15) is 0 Å². The van der Waals surface area contributed by atoms with Gasteiger partial charge in [0.25, 0.3) is 0 Å². The molecule has 0 radical (unpaired) electrons. The molecule has 1 aliphatic heterocycles. The molecule has 0 unspecified atom stereocenters. The zero-order chi connectivity index (χ0) is 4.24. The predicted molar refractivity (Wildman–Crippen MR) is 32.3 cm³/mol. The van der Waals surface area contributed by atoms with Crippen molar-refractivity contribution in [3.63, 3.8) is 0 Å². The third-order valence-corrected chi connectivity index (χ3v) is 0.846. The fourth-order valence-corrected chi connectivity index (χ4v) is 0.516. The van der Waals surface area contributed by atoms with Crippen LogP contribution < -0.4 is 11.5 Å². The van der Waals surface area contributed by atoms with Crippen LogP contribution in [0.25, 0.3) is 0 Å². The Morgan fingerprint density at radius 1 is 1.12 bits per heavy atom. The highest BCUT2D eigenvalue weighted by Gasteiger charge is 1.92. The fourth-order valence-electron chi connectivity index (χ4n) is 0.516. The highest BCUT2D eigenvalue weighted by atomic mass is 16.5. The zero-order valence-corrected chi connectivity index (χ0v) is 4.94. The Morgan fingerprint density at radius 2 is 1.62 bits per heavy atom. The number of ether oxygens (including phenoxy) is 1. The molecule has 8 heavy (non-hydrogen) atoms. The summed E-state index contributed by atoms with van der Waals surface area (Å²) in [6.45, 7) is 3.83. The third kappa shape index (κ3) is 4.01. The first-order valence-corrected chi connectivity index (χ1v) is 2.28. The smallest absolute Gasteiger partial charge is 0.0591 e. The van der Waals surface area contributed by atoms with Crippen molar-refractivity contribution in [3.8, 4) is 0 Å². The van der Waals surface area contributed by atoms with E-state index in [1.807, 2.05) is 0 Å². The number of hydrogen-bond donors (Lipinski definition) is 2. The van der Waals surface area contributed by atoms with Gasteiger partial charge >= 0.3 is 0 Å². The minimum absolute atomic E-state index is 0. The molecule has 52 valence electrons. The van der Waals surface area contributed by atoms with E-state index in [0.717, 1.165) is 26.3 Å². The Labute approximate surface area is 49.1 Å². The van der Waals surface area contributed by atoms with Gasteiger partial charge in [0.1, 0.15) is 0 Å². The molecular formula is C4H14N2O2. The minimum Gasteiger partial charge on any atom is -0.412 e. The van der Waals surface area contributed by atoms with Crippen LogP contribution in [-0.2, 0) is 4.74 Å². The molecule has 0 aromatic rings. The lowest BCUT2D eigenvalue weighted by atomic mass is 10.5. The van der Waals surface area contributed by atoms with Gasteiger partial charge in [-0.05, 0) is 0 Å². The molecule has 4 heteroatoms. The summed E-state index contributed by atoms with van der Waals surface area (Å²) in [5, 5.41) is 3.16. The van der Waals surface area contributed by atoms with Crippen LogP contribution >= 0.6 is 0 Å². The quantitative estimate of drug-likeness (QED) is 0.429. The van der Waals surface area contributed by atoms with Crippen LogP contribution in [0, 0.1) is 0 Å². The summed E-state index contributed by atoms with van der Waals surface area (Å²) in [6.07, 6.45) is 0. The van der Waals surface area contributed by atoms with Gasteiger partial charge in [-0.3, -0.25) is 0 Å². The Balaban J connectivity index is 0. The molecule has 0 bridgehead atoms. The van der Waals surface area contributed by atoms with Crippen molar-refractivity contribution >= 4 is 0 Å². The Kier molecular flexibility index (Phi) is 9.20. The van der Waals surface area contributed by atoms with Crippen LogP contribution in [0.1, 0.15) is 0 Å². The first-order valence-electron chi connectivity index (χ1n) is 2.28. The molecule has 1 aliphatic rings. The van der Waals surface area contributed by atoms with Crippen molar-refractivity contribution in [2.45, 2.75) is 0 Å². The van der Waals surface area contributed by atoms with E-state index in [2.05, 4.69) is 5.32 Å². The van der Waals surface area contributed by atoms with Crippen LogP contribution in [0.4, 0.5) is 0 Å². The monoisotopic (exact) mass is 122 g/mol. The second kappa shape index (κ2) is 6.84. The van der Waals surface area contributed by atoms with Crippen molar-refractivity contribution in [3.05, 3.63) is 0 Å². The Hall–Kier alpha value is -0.160. The first kappa shape index (κ1) is 10.8. The van der Waals surface area contributed by atoms with Crippen LogP contribution in [0.15, 0.2) is 0 Å². The predicted octanol–water partition coefficient (Wildman–Crippen LogP) is -1.06. The average Bonchev–Trinajstić information content (AvgIpc) is 1.72. The molecular weight excluding hydrogens is 108 g/mol. The third-order valence-electron chi connectivity index (χ3n) is 0.846. The molecule has 0 spiro atoms. The molecule has 6 N–H and O–H groups in total. The summed E-state index contributed by atoms with van der Waals surface area (Å²) < 4.78 is 5.01. The van der Waals surface area contributed by atoms with Gasteiger partial charge in [0.2, 0.25) is 0 Å². The van der Waals surface area contributed by atoms with Gasteiger partial charge in [0.15, 0.2) is 0 Å². The summed E-state index contributed by atoms with van der Waals surface area (Å²) in [5.74, 6) is 0. The van der Waals surface area contributed by atoms with E-state index in [4.69, 9.17) is 4.74 Å². The van der Waals surface area contributed by atoms with Crippen molar-refractivity contribution in [2.75, 3.05) is 26.3 Å². The van der Waals surface area contributed by atoms with E-state index in [9.17, 15) is 0 Å². The van der Waals surface area contributed by atoms with Gasteiger partial charge in [-0.25, -0.2) is 0 Å². The lowest BCUT2D eigenvalue weighted by Gasteiger charge is -2.10. The lowest BCUT2D eigenvalue weighted by molar-refractivity contribution is 0.109. The summed E-state index contributed by atoms with van der Waals surface area (Å²) >= 11 is 0. The molecule has 1 rings (SSSR count). The number of nitrogens with one attached hydrogen (secondary N) is 1. The molecule has 1 saturated heterocycles. The zero-order valence-electron chi connectivity index (χ0n) is 4.94. The van der Waals surface area contributed by atoms with Gasteiger partial charge in [-0.15, -0.1) is 0 Å². The van der Waals surface area contributed by atoms with E-state index in [-0.39, 0.29) is 11.6 Å². The average molecular weight is 122 g/mol. The highest BCUT2D eigenvalue weighted by molar-refractivity contribution is 4.49. The molecule has 4 nitrogen and oxygen atoms in total. The topological polar surface area (TPSA) is 87.8 Å². The summed E-state index contributed by atoms with van der Waals surface area (Å²) in [5.41, 5.74) is 0. The van der Waals surface area contributed by atoms with Gasteiger partial charge in [0, 0.05) is 13.1 Å². The maximum Gasteiger partial charge on any atom is 0.0591 e. The van der Waals surface area contributed by atoms with Crippen molar-refractivity contribution in [1.82, 2.24) is 11.5 Å². The van der Waals surface area contributed by atoms with E-state index in [1.54, 1.807) is 0 Å². The van der Waals surface area contributed by atoms with Gasteiger partial charge in [-0.1, -0.05) is 0 Å². The van der Waals surface area contributed by atoms with E-state index in [1.165, 1.54) is 0 Å². The highest BCUT2D eigenvalue weighted by Crippen LogP contribution is 1.76. The van der Waals surface area contributed by atoms with Crippen molar-refractivity contribution in [2.24, 2.45) is 0 Å². The van der Waals surface area contributed by atoms with Gasteiger partial charge in [0.05, 0.1) is 13.2 Å². The molecule has 1 heterocycles. The maximum atomic E-state index is 5.01. The molecule has 0 amide bonds. The molecule has 0 aromatic carbocycles. The lowest BCUT2D eigenvalue weighted by Crippen LogP contribution is -2.30. The largest absolute Gasteiger partial charge is 0.412 e. The number of rotatable bonds is 0. The van der Waals surface area contributed by atoms with Crippen LogP contribution in [-0.4, -0.2) is 31.8 Å². The molecule has 0 saturated carbocycles. The standard InChI is InChI=1S/C4H9NO.H3N.H2O/c1-3-6-4-2-5-1;;/h5H,1-4H2;1H3;1H2. The van der Waals surface area contributed by atoms with Crippen LogP contribution in [0.2, 0.25) is 0 Å². The maximum absolute atomic E-state index is 5.01. The fraction of sp³-hybridized carbons (Fsp3) is 1.00. The Morgan fingerprint density at radius 3 is 1.75 bits per heavy atom. The minimum atomic E-state index is 0. The van der Waals surface area contributed by atoms with E-state index < -0.39 is 0 Å². The summed E-state index contributed by atoms with van der Waals surface area (Å²) in [4.78, 5) is 0. The van der Waals surface area contributed by atoms with Crippen molar-refractivity contribution in [1.29, 1.82) is 0 Å².